The van der Waals surface area contributed by atoms with Crippen LogP contribution in [0.2, 0.25) is 0 Å². The molecule has 160 valence electrons. The second-order valence-corrected chi connectivity index (χ2v) is 7.01. The van der Waals surface area contributed by atoms with Gasteiger partial charge in [-0.1, -0.05) is 18.2 Å². The average molecular weight is 421 g/mol. The van der Waals surface area contributed by atoms with Crippen LogP contribution in [-0.4, -0.2) is 39.8 Å². The summed E-state index contributed by atoms with van der Waals surface area (Å²) in [6.45, 7) is 1.51. The maximum atomic E-state index is 11.8. The highest BCUT2D eigenvalue weighted by molar-refractivity contribution is 5.96. The summed E-state index contributed by atoms with van der Waals surface area (Å²) in [7, 11) is 1.60. The number of para-hydroxylation sites is 1. The van der Waals surface area contributed by atoms with Gasteiger partial charge in [-0.05, 0) is 42.3 Å². The Morgan fingerprint density at radius 3 is 2.81 bits per heavy atom. The topological polar surface area (TPSA) is 147 Å². The van der Waals surface area contributed by atoms with Gasteiger partial charge in [0, 0.05) is 17.8 Å². The summed E-state index contributed by atoms with van der Waals surface area (Å²) in [6, 6.07) is 11.1. The molecule has 0 unspecified atom stereocenters. The van der Waals surface area contributed by atoms with Gasteiger partial charge in [-0.2, -0.15) is 4.98 Å². The molecule has 0 saturated carbocycles. The van der Waals surface area contributed by atoms with E-state index in [0.717, 1.165) is 25.1 Å². The molecule has 31 heavy (non-hydrogen) atoms. The number of carbonyl (C=O) groups is 1. The number of nitrogens with two attached hydrogens (primary N) is 1. The molecule has 0 spiro atoms. The zero-order valence-electron chi connectivity index (χ0n) is 17.0. The molecule has 3 aromatic rings. The van der Waals surface area contributed by atoms with Gasteiger partial charge >= 0.3 is 0 Å². The lowest BCUT2D eigenvalue weighted by atomic mass is 10.00. The van der Waals surface area contributed by atoms with Crippen LogP contribution in [0.3, 0.4) is 0 Å². The van der Waals surface area contributed by atoms with Gasteiger partial charge in [0.2, 0.25) is 5.95 Å². The van der Waals surface area contributed by atoms with E-state index in [1.54, 1.807) is 31.4 Å². The van der Waals surface area contributed by atoms with Crippen molar-refractivity contribution in [3.63, 3.8) is 0 Å². The maximum Gasteiger partial charge on any atom is 0.273 e. The van der Waals surface area contributed by atoms with E-state index in [4.69, 9.17) is 10.5 Å². The van der Waals surface area contributed by atoms with Gasteiger partial charge in [0.15, 0.2) is 11.5 Å². The largest absolute Gasteiger partial charge is 0.495 e. The van der Waals surface area contributed by atoms with Crippen molar-refractivity contribution in [3.05, 3.63) is 58.8 Å². The number of methoxy groups -OCH3 is 1. The molecule has 2 heterocycles. The third-order valence-corrected chi connectivity index (χ3v) is 5.02. The van der Waals surface area contributed by atoms with Crippen LogP contribution in [0.25, 0.3) is 0 Å². The molecule has 6 N–H and O–H groups in total. The first-order chi connectivity index (χ1) is 15.1. The van der Waals surface area contributed by atoms with Gasteiger partial charge < -0.3 is 31.5 Å². The summed E-state index contributed by atoms with van der Waals surface area (Å²) in [5.74, 6) is 0.178. The zero-order valence-corrected chi connectivity index (χ0v) is 17.0. The van der Waals surface area contributed by atoms with E-state index in [9.17, 15) is 9.90 Å². The molecule has 1 aliphatic heterocycles. The van der Waals surface area contributed by atoms with Gasteiger partial charge in [-0.3, -0.25) is 4.79 Å². The standard InChI is InChI=1S/C21H23N7O3/c1-31-17-9-12-6-7-23-10-14(12)8-16(17)25-21-26-20(18(19(22)30)27-28-21)24-15-5-3-2-4-13(15)11-29/h2-5,8-9,23,29H,6-7,10-11H2,1H3,(H2,22,30)(H2,24,25,26,28). The molecule has 0 bridgehead atoms. The third kappa shape index (κ3) is 4.39. The molecule has 4 rings (SSSR count). The van der Waals surface area contributed by atoms with Gasteiger partial charge in [0.25, 0.3) is 5.91 Å². The molecule has 0 fully saturated rings. The number of rotatable bonds is 7. The van der Waals surface area contributed by atoms with Gasteiger partial charge in [-0.15, -0.1) is 10.2 Å². The molecule has 0 saturated heterocycles. The van der Waals surface area contributed by atoms with Gasteiger partial charge in [0.1, 0.15) is 5.75 Å². The van der Waals surface area contributed by atoms with E-state index >= 15 is 0 Å². The number of hydrogen-bond acceptors (Lipinski definition) is 9. The van der Waals surface area contributed by atoms with Gasteiger partial charge in [0.05, 0.1) is 19.4 Å². The van der Waals surface area contributed by atoms with Crippen molar-refractivity contribution >= 4 is 29.0 Å². The molecule has 1 aromatic heterocycles. The van der Waals surface area contributed by atoms with Crippen molar-refractivity contribution in [1.29, 1.82) is 0 Å². The Morgan fingerprint density at radius 2 is 2.03 bits per heavy atom. The zero-order chi connectivity index (χ0) is 21.8. The van der Waals surface area contributed by atoms with Crippen LogP contribution in [0.5, 0.6) is 5.75 Å². The number of anilines is 4. The van der Waals surface area contributed by atoms with Crippen molar-refractivity contribution < 1.29 is 14.6 Å². The molecule has 1 aliphatic rings. The fourth-order valence-corrected chi connectivity index (χ4v) is 3.44. The van der Waals surface area contributed by atoms with Crippen LogP contribution >= 0.6 is 0 Å². The maximum absolute atomic E-state index is 11.8. The molecule has 0 aliphatic carbocycles. The second kappa shape index (κ2) is 8.94. The summed E-state index contributed by atoms with van der Waals surface area (Å²) in [5, 5.41) is 27.0. The number of nitrogens with one attached hydrogen (secondary N) is 3. The number of aliphatic hydroxyl groups is 1. The normalized spacial score (nSPS) is 12.7. The molecule has 10 nitrogen and oxygen atoms in total. The van der Waals surface area contributed by atoms with E-state index in [-0.39, 0.29) is 24.1 Å². The predicted octanol–water partition coefficient (Wildman–Crippen LogP) is 1.60. The summed E-state index contributed by atoms with van der Waals surface area (Å²) in [5.41, 5.74) is 9.62. The van der Waals surface area contributed by atoms with Crippen molar-refractivity contribution in [2.45, 2.75) is 19.6 Å². The van der Waals surface area contributed by atoms with Crippen LogP contribution < -0.4 is 26.4 Å². The first-order valence-electron chi connectivity index (χ1n) is 9.77. The van der Waals surface area contributed by atoms with Crippen LogP contribution in [0.1, 0.15) is 27.2 Å². The first-order valence-corrected chi connectivity index (χ1v) is 9.77. The number of ether oxygens (including phenoxy) is 1. The van der Waals surface area contributed by atoms with E-state index in [2.05, 4.69) is 31.1 Å². The monoisotopic (exact) mass is 421 g/mol. The predicted molar refractivity (Wildman–Crippen MR) is 116 cm³/mol. The molecular formula is C21H23N7O3. The number of benzene rings is 2. The average Bonchev–Trinajstić information content (AvgIpc) is 2.79. The number of carbonyl (C=O) groups excluding carboxylic acids is 1. The number of hydrogen-bond donors (Lipinski definition) is 5. The Kier molecular flexibility index (Phi) is 5.92. The highest BCUT2D eigenvalue weighted by Crippen LogP contribution is 2.32. The Hall–Kier alpha value is -3.76. The molecule has 2 aromatic carbocycles. The van der Waals surface area contributed by atoms with E-state index < -0.39 is 5.91 Å². The van der Waals surface area contributed by atoms with E-state index in [0.29, 0.717) is 22.7 Å². The minimum absolute atomic E-state index is 0.111. The molecule has 1 amide bonds. The summed E-state index contributed by atoms with van der Waals surface area (Å²) < 4.78 is 5.53. The summed E-state index contributed by atoms with van der Waals surface area (Å²) in [4.78, 5) is 16.2. The quantitative estimate of drug-likeness (QED) is 0.384. The number of primary amides is 1. The van der Waals surface area contributed by atoms with Gasteiger partial charge in [-0.25, -0.2) is 0 Å². The minimum Gasteiger partial charge on any atom is -0.495 e. The minimum atomic E-state index is -0.770. The Bertz CT molecular complexity index is 1120. The molecule has 0 radical (unpaired) electrons. The molecular weight excluding hydrogens is 398 g/mol. The van der Waals surface area contributed by atoms with Crippen molar-refractivity contribution in [2.75, 3.05) is 24.3 Å². The van der Waals surface area contributed by atoms with Crippen LogP contribution in [0, 0.1) is 0 Å². The fraction of sp³-hybridized carbons (Fsp3) is 0.238. The SMILES string of the molecule is COc1cc2c(cc1Nc1nnc(C(N)=O)c(Nc3ccccc3CO)n1)CNCC2. The molecule has 0 atom stereocenters. The van der Waals surface area contributed by atoms with Crippen molar-refractivity contribution in [3.8, 4) is 5.75 Å². The number of nitrogens with zero attached hydrogens (tertiary/aromatic N) is 3. The number of aliphatic hydroxyl groups excluding tert-OH is 1. The fourth-order valence-electron chi connectivity index (χ4n) is 3.44. The lowest BCUT2D eigenvalue weighted by Crippen LogP contribution is -2.23. The summed E-state index contributed by atoms with van der Waals surface area (Å²) >= 11 is 0. The van der Waals surface area contributed by atoms with Crippen molar-refractivity contribution in [1.82, 2.24) is 20.5 Å². The number of aromatic nitrogens is 3. The van der Waals surface area contributed by atoms with Crippen molar-refractivity contribution in [2.24, 2.45) is 5.73 Å². The lowest BCUT2D eigenvalue weighted by molar-refractivity contribution is 0.0995. The molecule has 10 heteroatoms. The number of amides is 1. The first kappa shape index (κ1) is 20.5. The van der Waals surface area contributed by atoms with Crippen LogP contribution in [0.4, 0.5) is 23.1 Å². The van der Waals surface area contributed by atoms with E-state index in [1.165, 1.54) is 5.56 Å². The second-order valence-electron chi connectivity index (χ2n) is 7.01. The highest BCUT2D eigenvalue weighted by Gasteiger charge is 2.18. The van der Waals surface area contributed by atoms with E-state index in [1.807, 2.05) is 12.1 Å². The Labute approximate surface area is 178 Å². The Morgan fingerprint density at radius 1 is 1.19 bits per heavy atom. The Balaban J connectivity index is 1.69. The van der Waals surface area contributed by atoms with Crippen LogP contribution in [-0.2, 0) is 19.6 Å². The highest BCUT2D eigenvalue weighted by atomic mass is 16.5. The third-order valence-electron chi connectivity index (χ3n) is 5.02. The number of fused-ring (bicyclic) bond motifs is 1. The van der Waals surface area contributed by atoms with Crippen LogP contribution in [0.15, 0.2) is 36.4 Å². The summed E-state index contributed by atoms with van der Waals surface area (Å²) in [6.07, 6.45) is 0.926. The smallest absolute Gasteiger partial charge is 0.273 e. The lowest BCUT2D eigenvalue weighted by Gasteiger charge is -2.20.